The molecule has 0 spiro atoms. The number of aromatic nitrogens is 2. The van der Waals surface area contributed by atoms with Crippen LogP contribution < -0.4 is 5.32 Å². The first-order chi connectivity index (χ1) is 7.13. The van der Waals surface area contributed by atoms with E-state index in [0.29, 0.717) is 5.92 Å². The van der Waals surface area contributed by atoms with Crippen LogP contribution in [0.2, 0.25) is 0 Å². The van der Waals surface area contributed by atoms with Crippen molar-refractivity contribution in [3.63, 3.8) is 0 Å². The molecule has 4 nitrogen and oxygen atoms in total. The van der Waals surface area contributed by atoms with E-state index in [0.717, 1.165) is 24.2 Å². The van der Waals surface area contributed by atoms with Gasteiger partial charge in [-0.15, -0.1) is 0 Å². The van der Waals surface area contributed by atoms with Gasteiger partial charge in [-0.1, -0.05) is 13.8 Å². The number of aliphatic hydroxyl groups is 1. The molecule has 1 rings (SSSR count). The van der Waals surface area contributed by atoms with Crippen molar-refractivity contribution in [3.8, 4) is 0 Å². The van der Waals surface area contributed by atoms with Crippen molar-refractivity contribution in [2.75, 3.05) is 6.61 Å². The van der Waals surface area contributed by atoms with Crippen LogP contribution in [0.15, 0.2) is 6.20 Å². The monoisotopic (exact) mass is 211 g/mol. The fourth-order valence-electron chi connectivity index (χ4n) is 1.60. The van der Waals surface area contributed by atoms with E-state index < -0.39 is 0 Å². The summed E-state index contributed by atoms with van der Waals surface area (Å²) in [5.41, 5.74) is 2.25. The summed E-state index contributed by atoms with van der Waals surface area (Å²) in [5.74, 6) is 0.597. The predicted molar refractivity (Wildman–Crippen MR) is 60.5 cm³/mol. The number of rotatable bonds is 6. The maximum atomic E-state index is 9.19. The summed E-state index contributed by atoms with van der Waals surface area (Å²) in [4.78, 5) is 0. The summed E-state index contributed by atoms with van der Waals surface area (Å²) >= 11 is 0. The Kier molecular flexibility index (Phi) is 4.78. The number of nitrogens with zero attached hydrogens (tertiary/aromatic N) is 1. The second-order valence-corrected chi connectivity index (χ2v) is 4.41. The zero-order valence-electron chi connectivity index (χ0n) is 9.75. The van der Waals surface area contributed by atoms with Crippen molar-refractivity contribution >= 4 is 0 Å². The van der Waals surface area contributed by atoms with Crippen molar-refractivity contribution in [3.05, 3.63) is 17.5 Å². The predicted octanol–water partition coefficient (Wildman–Crippen LogP) is 1.21. The minimum Gasteiger partial charge on any atom is -0.395 e. The molecular weight excluding hydrogens is 190 g/mol. The van der Waals surface area contributed by atoms with Gasteiger partial charge in [-0.3, -0.25) is 5.10 Å². The first-order valence-corrected chi connectivity index (χ1v) is 5.46. The molecule has 86 valence electrons. The summed E-state index contributed by atoms with van der Waals surface area (Å²) in [6.07, 6.45) is 2.82. The summed E-state index contributed by atoms with van der Waals surface area (Å²) in [5, 5.41) is 19.4. The SMILES string of the molecule is Cc1[nH]ncc1CN[C@@H](CO)CC(C)C. The van der Waals surface area contributed by atoms with Gasteiger partial charge in [-0.25, -0.2) is 0 Å². The van der Waals surface area contributed by atoms with Crippen LogP contribution in [-0.4, -0.2) is 28.0 Å². The molecule has 0 aliphatic rings. The topological polar surface area (TPSA) is 60.9 Å². The van der Waals surface area contributed by atoms with Crippen LogP contribution in [0.1, 0.15) is 31.5 Å². The van der Waals surface area contributed by atoms with Crippen LogP contribution in [0, 0.1) is 12.8 Å². The van der Waals surface area contributed by atoms with E-state index in [1.165, 1.54) is 0 Å². The lowest BCUT2D eigenvalue weighted by molar-refractivity contribution is 0.223. The van der Waals surface area contributed by atoms with Crippen molar-refractivity contribution in [1.82, 2.24) is 15.5 Å². The zero-order chi connectivity index (χ0) is 11.3. The molecular formula is C11H21N3O. The van der Waals surface area contributed by atoms with E-state index >= 15 is 0 Å². The van der Waals surface area contributed by atoms with Crippen molar-refractivity contribution in [2.24, 2.45) is 5.92 Å². The Morgan fingerprint density at radius 3 is 2.73 bits per heavy atom. The molecule has 0 aromatic carbocycles. The molecule has 0 saturated heterocycles. The van der Waals surface area contributed by atoms with Gasteiger partial charge in [-0.05, 0) is 19.3 Å². The van der Waals surface area contributed by atoms with Crippen LogP contribution in [0.5, 0.6) is 0 Å². The zero-order valence-corrected chi connectivity index (χ0v) is 9.75. The molecule has 0 aliphatic carbocycles. The smallest absolute Gasteiger partial charge is 0.0584 e. The van der Waals surface area contributed by atoms with Crippen LogP contribution in [-0.2, 0) is 6.54 Å². The van der Waals surface area contributed by atoms with Gasteiger partial charge in [0.15, 0.2) is 0 Å². The molecule has 0 unspecified atom stereocenters. The standard InChI is InChI=1S/C11H21N3O/c1-8(2)4-11(7-15)12-5-10-6-13-14-9(10)3/h6,8,11-12,15H,4-5,7H2,1-3H3,(H,13,14)/t11-/m1/s1. The van der Waals surface area contributed by atoms with Gasteiger partial charge in [0.2, 0.25) is 0 Å². The molecule has 3 N–H and O–H groups in total. The second-order valence-electron chi connectivity index (χ2n) is 4.41. The van der Waals surface area contributed by atoms with Gasteiger partial charge in [-0.2, -0.15) is 5.10 Å². The van der Waals surface area contributed by atoms with Gasteiger partial charge in [0.1, 0.15) is 0 Å². The number of nitrogens with one attached hydrogen (secondary N) is 2. The minimum atomic E-state index is 0.180. The Hall–Kier alpha value is -0.870. The maximum absolute atomic E-state index is 9.19. The van der Waals surface area contributed by atoms with E-state index in [4.69, 9.17) is 0 Å². The normalized spacial score (nSPS) is 13.4. The van der Waals surface area contributed by atoms with E-state index in [1.807, 2.05) is 13.1 Å². The number of aromatic amines is 1. The van der Waals surface area contributed by atoms with Crippen LogP contribution in [0.3, 0.4) is 0 Å². The Morgan fingerprint density at radius 1 is 1.53 bits per heavy atom. The molecule has 0 fully saturated rings. The molecule has 0 amide bonds. The molecule has 0 saturated carbocycles. The fourth-order valence-corrected chi connectivity index (χ4v) is 1.60. The van der Waals surface area contributed by atoms with Gasteiger partial charge < -0.3 is 10.4 Å². The summed E-state index contributed by atoms with van der Waals surface area (Å²) in [7, 11) is 0. The third kappa shape index (κ3) is 4.01. The molecule has 1 atom stereocenters. The molecule has 0 radical (unpaired) electrons. The molecule has 1 heterocycles. The number of hydrogen-bond acceptors (Lipinski definition) is 3. The Morgan fingerprint density at radius 2 is 2.27 bits per heavy atom. The van der Waals surface area contributed by atoms with Gasteiger partial charge in [0, 0.05) is 23.8 Å². The van der Waals surface area contributed by atoms with Gasteiger partial charge >= 0.3 is 0 Å². The lowest BCUT2D eigenvalue weighted by Crippen LogP contribution is -2.33. The Balaban J connectivity index is 2.37. The number of aliphatic hydroxyl groups excluding tert-OH is 1. The van der Waals surface area contributed by atoms with Crippen molar-refractivity contribution in [2.45, 2.75) is 39.8 Å². The average molecular weight is 211 g/mol. The molecule has 1 aromatic heterocycles. The average Bonchev–Trinajstić information content (AvgIpc) is 2.58. The highest BCUT2D eigenvalue weighted by Crippen LogP contribution is 2.07. The first kappa shape index (κ1) is 12.2. The second kappa shape index (κ2) is 5.88. The van der Waals surface area contributed by atoms with E-state index in [2.05, 4.69) is 29.4 Å². The summed E-state index contributed by atoms with van der Waals surface area (Å²) < 4.78 is 0. The van der Waals surface area contributed by atoms with Crippen molar-refractivity contribution < 1.29 is 5.11 Å². The Bertz CT molecular complexity index is 283. The van der Waals surface area contributed by atoms with Crippen LogP contribution in [0.4, 0.5) is 0 Å². The Labute approximate surface area is 91.1 Å². The van der Waals surface area contributed by atoms with E-state index in [1.54, 1.807) is 0 Å². The highest BCUT2D eigenvalue weighted by atomic mass is 16.3. The first-order valence-electron chi connectivity index (χ1n) is 5.46. The molecule has 1 aromatic rings. The van der Waals surface area contributed by atoms with E-state index in [-0.39, 0.29) is 12.6 Å². The summed E-state index contributed by atoms with van der Waals surface area (Å²) in [6.45, 7) is 7.27. The molecule has 0 aliphatic heterocycles. The third-order valence-corrected chi connectivity index (χ3v) is 2.49. The summed E-state index contributed by atoms with van der Waals surface area (Å²) in [6, 6.07) is 0.180. The number of H-pyrrole nitrogens is 1. The van der Waals surface area contributed by atoms with Gasteiger partial charge in [0.25, 0.3) is 0 Å². The third-order valence-electron chi connectivity index (χ3n) is 2.49. The highest BCUT2D eigenvalue weighted by Gasteiger charge is 2.09. The molecule has 4 heteroatoms. The quantitative estimate of drug-likeness (QED) is 0.663. The number of hydrogen-bond donors (Lipinski definition) is 3. The highest BCUT2D eigenvalue weighted by molar-refractivity contribution is 5.13. The lowest BCUT2D eigenvalue weighted by atomic mass is 10.0. The van der Waals surface area contributed by atoms with Crippen LogP contribution >= 0.6 is 0 Å². The van der Waals surface area contributed by atoms with Gasteiger partial charge in [0.05, 0.1) is 12.8 Å². The number of aryl methyl sites for hydroxylation is 1. The molecule has 0 bridgehead atoms. The molecule has 15 heavy (non-hydrogen) atoms. The van der Waals surface area contributed by atoms with E-state index in [9.17, 15) is 5.11 Å². The van der Waals surface area contributed by atoms with Crippen molar-refractivity contribution in [1.29, 1.82) is 0 Å². The van der Waals surface area contributed by atoms with Crippen LogP contribution in [0.25, 0.3) is 0 Å². The largest absolute Gasteiger partial charge is 0.395 e. The lowest BCUT2D eigenvalue weighted by Gasteiger charge is -2.17. The minimum absolute atomic E-state index is 0.180. The fraction of sp³-hybridized carbons (Fsp3) is 0.727. The maximum Gasteiger partial charge on any atom is 0.0584 e.